The van der Waals surface area contributed by atoms with Crippen LogP contribution in [0.5, 0.6) is 0 Å². The van der Waals surface area contributed by atoms with E-state index in [9.17, 15) is 0 Å². The lowest BCUT2D eigenvalue weighted by molar-refractivity contribution is 0.720. The Bertz CT molecular complexity index is 485. The molecular weight excluding hydrogens is 224 g/mol. The Morgan fingerprint density at radius 1 is 1.33 bits per heavy atom. The predicted octanol–water partition coefficient (Wildman–Crippen LogP) is 3.32. The first-order chi connectivity index (χ1) is 8.79. The van der Waals surface area contributed by atoms with Gasteiger partial charge in [-0.2, -0.15) is 5.10 Å². The molecule has 1 unspecified atom stereocenters. The van der Waals surface area contributed by atoms with Gasteiger partial charge in [0.2, 0.25) is 0 Å². The molecule has 0 aliphatic carbocycles. The highest BCUT2D eigenvalue weighted by atomic mass is 15.1. The van der Waals surface area contributed by atoms with Gasteiger partial charge in [-0.25, -0.2) is 0 Å². The average molecular weight is 242 g/mol. The number of H-pyrrole nitrogens is 1. The second-order valence-corrected chi connectivity index (χ2v) is 4.23. The van der Waals surface area contributed by atoms with E-state index in [1.807, 2.05) is 30.3 Å². The van der Waals surface area contributed by atoms with Crippen molar-refractivity contribution in [2.75, 3.05) is 5.32 Å². The van der Waals surface area contributed by atoms with Crippen molar-refractivity contribution in [3.8, 4) is 11.3 Å². The van der Waals surface area contributed by atoms with Gasteiger partial charge in [-0.15, -0.1) is 0 Å². The number of nitrogens with one attached hydrogen (secondary N) is 2. The van der Waals surface area contributed by atoms with E-state index in [0.717, 1.165) is 23.4 Å². The Hall–Kier alpha value is -2.10. The van der Waals surface area contributed by atoms with E-state index in [0.29, 0.717) is 6.04 Å². The molecule has 1 aromatic carbocycles. The van der Waals surface area contributed by atoms with Gasteiger partial charge in [0.05, 0.1) is 12.0 Å². The second kappa shape index (κ2) is 6.00. The third-order valence-corrected chi connectivity index (χ3v) is 2.85. The molecule has 0 aliphatic rings. The van der Waals surface area contributed by atoms with Gasteiger partial charge in [-0.1, -0.05) is 19.1 Å². The summed E-state index contributed by atoms with van der Waals surface area (Å²) in [6.45, 7) is 4.22. The van der Waals surface area contributed by atoms with Gasteiger partial charge in [-0.3, -0.25) is 10.1 Å². The summed E-state index contributed by atoms with van der Waals surface area (Å²) in [6.07, 6.45) is 4.57. The van der Waals surface area contributed by atoms with Crippen LogP contribution in [0.15, 0.2) is 41.5 Å². The van der Waals surface area contributed by atoms with Crippen molar-refractivity contribution in [1.82, 2.24) is 10.2 Å². The molecule has 18 heavy (non-hydrogen) atoms. The van der Waals surface area contributed by atoms with Gasteiger partial charge >= 0.3 is 0 Å². The fraction of sp³-hybridized carbons (Fsp3) is 0.286. The molecule has 4 heteroatoms. The first-order valence-electron chi connectivity index (χ1n) is 6.17. The molecule has 0 fully saturated rings. The summed E-state index contributed by atoms with van der Waals surface area (Å²) in [7, 11) is 0. The van der Waals surface area contributed by atoms with Gasteiger partial charge in [-0.05, 0) is 37.1 Å². The summed E-state index contributed by atoms with van der Waals surface area (Å²) < 4.78 is 0. The van der Waals surface area contributed by atoms with Crippen LogP contribution in [-0.2, 0) is 0 Å². The van der Waals surface area contributed by atoms with Crippen LogP contribution in [0.4, 0.5) is 5.69 Å². The molecule has 0 saturated heterocycles. The number of hydrogen-bond donors (Lipinski definition) is 2. The highest BCUT2D eigenvalue weighted by Crippen LogP contribution is 2.18. The highest BCUT2D eigenvalue weighted by molar-refractivity contribution is 5.76. The molecule has 2 aromatic rings. The fourth-order valence-corrected chi connectivity index (χ4v) is 1.51. The van der Waals surface area contributed by atoms with Crippen molar-refractivity contribution >= 4 is 12.0 Å². The second-order valence-electron chi connectivity index (χ2n) is 4.23. The van der Waals surface area contributed by atoms with Gasteiger partial charge < -0.3 is 5.32 Å². The summed E-state index contributed by atoms with van der Waals surface area (Å²) in [5.41, 5.74) is 3.18. The number of anilines is 1. The lowest BCUT2D eigenvalue weighted by atomic mass is 10.1. The number of rotatable bonds is 5. The van der Waals surface area contributed by atoms with Crippen LogP contribution in [0.1, 0.15) is 20.3 Å². The Morgan fingerprint density at radius 2 is 2.11 bits per heavy atom. The Labute approximate surface area is 107 Å². The zero-order valence-electron chi connectivity index (χ0n) is 10.7. The third kappa shape index (κ3) is 3.20. The van der Waals surface area contributed by atoms with E-state index in [1.165, 1.54) is 0 Å². The Morgan fingerprint density at radius 3 is 2.72 bits per heavy atom. The van der Waals surface area contributed by atoms with E-state index in [4.69, 9.17) is 0 Å². The third-order valence-electron chi connectivity index (χ3n) is 2.85. The zero-order chi connectivity index (χ0) is 12.8. The molecule has 2 N–H and O–H groups in total. The van der Waals surface area contributed by atoms with Crippen molar-refractivity contribution in [2.24, 2.45) is 4.99 Å². The number of aliphatic imine (C=N–C) groups is 1. The quantitative estimate of drug-likeness (QED) is 0.624. The molecule has 0 bridgehead atoms. The topological polar surface area (TPSA) is 53.1 Å². The molecule has 2 rings (SSSR count). The summed E-state index contributed by atoms with van der Waals surface area (Å²) in [5, 5.41) is 10.0. The van der Waals surface area contributed by atoms with E-state index in [2.05, 4.69) is 34.4 Å². The SMILES string of the molecule is CCC(C)N=CNc1ccc(-c2ccn[nH]2)cc1. The monoisotopic (exact) mass is 242 g/mol. The van der Waals surface area contributed by atoms with Crippen LogP contribution in [0, 0.1) is 0 Å². The average Bonchev–Trinajstić information content (AvgIpc) is 2.93. The van der Waals surface area contributed by atoms with Gasteiger partial charge in [0, 0.05) is 17.9 Å². The normalized spacial score (nSPS) is 12.8. The molecule has 0 spiro atoms. The highest BCUT2D eigenvalue weighted by Gasteiger charge is 1.98. The molecule has 1 atom stereocenters. The minimum absolute atomic E-state index is 0.363. The van der Waals surface area contributed by atoms with E-state index in [-0.39, 0.29) is 0 Å². The molecule has 1 aromatic heterocycles. The predicted molar refractivity (Wildman–Crippen MR) is 75.9 cm³/mol. The Balaban J connectivity index is 1.98. The minimum atomic E-state index is 0.363. The smallest absolute Gasteiger partial charge is 0.0871 e. The van der Waals surface area contributed by atoms with Crippen LogP contribution >= 0.6 is 0 Å². The number of aromatic nitrogens is 2. The van der Waals surface area contributed by atoms with E-state index >= 15 is 0 Å². The Kier molecular flexibility index (Phi) is 4.12. The van der Waals surface area contributed by atoms with Gasteiger partial charge in [0.25, 0.3) is 0 Å². The van der Waals surface area contributed by atoms with Crippen molar-refractivity contribution in [2.45, 2.75) is 26.3 Å². The first-order valence-corrected chi connectivity index (χ1v) is 6.17. The molecule has 1 heterocycles. The van der Waals surface area contributed by atoms with E-state index in [1.54, 1.807) is 12.5 Å². The lowest BCUT2D eigenvalue weighted by Crippen LogP contribution is -2.00. The van der Waals surface area contributed by atoms with Crippen molar-refractivity contribution in [3.05, 3.63) is 36.5 Å². The zero-order valence-corrected chi connectivity index (χ0v) is 10.7. The molecule has 0 aliphatic heterocycles. The molecule has 0 amide bonds. The van der Waals surface area contributed by atoms with Crippen LogP contribution < -0.4 is 5.32 Å². The molecular formula is C14H18N4. The fourth-order valence-electron chi connectivity index (χ4n) is 1.51. The molecule has 4 nitrogen and oxygen atoms in total. The number of nitrogens with zero attached hydrogens (tertiary/aromatic N) is 2. The molecule has 94 valence electrons. The lowest BCUT2D eigenvalue weighted by Gasteiger charge is -2.04. The van der Waals surface area contributed by atoms with Crippen molar-refractivity contribution < 1.29 is 0 Å². The van der Waals surface area contributed by atoms with Crippen LogP contribution in [0.3, 0.4) is 0 Å². The summed E-state index contributed by atoms with van der Waals surface area (Å²) in [4.78, 5) is 4.36. The van der Waals surface area contributed by atoms with Gasteiger partial charge in [0.15, 0.2) is 0 Å². The van der Waals surface area contributed by atoms with Crippen molar-refractivity contribution in [1.29, 1.82) is 0 Å². The van der Waals surface area contributed by atoms with Crippen LogP contribution in [0.2, 0.25) is 0 Å². The summed E-state index contributed by atoms with van der Waals surface area (Å²) in [6, 6.07) is 10.5. The summed E-state index contributed by atoms with van der Waals surface area (Å²) >= 11 is 0. The van der Waals surface area contributed by atoms with Gasteiger partial charge in [0.1, 0.15) is 0 Å². The standard InChI is InChI=1S/C14H18N4/c1-3-11(2)15-10-16-13-6-4-12(5-7-13)14-8-9-17-18-14/h4-11H,3H2,1-2H3,(H,15,16)(H,17,18). The first kappa shape index (κ1) is 12.4. The maximum atomic E-state index is 4.36. The number of aromatic amines is 1. The maximum Gasteiger partial charge on any atom is 0.0871 e. The van der Waals surface area contributed by atoms with Crippen LogP contribution in [-0.4, -0.2) is 22.6 Å². The number of benzene rings is 1. The van der Waals surface area contributed by atoms with Crippen molar-refractivity contribution in [3.63, 3.8) is 0 Å². The van der Waals surface area contributed by atoms with Crippen LogP contribution in [0.25, 0.3) is 11.3 Å². The maximum absolute atomic E-state index is 4.36. The minimum Gasteiger partial charge on any atom is -0.347 e. The summed E-state index contributed by atoms with van der Waals surface area (Å²) in [5.74, 6) is 0. The number of hydrogen-bond acceptors (Lipinski definition) is 2. The molecule has 0 saturated carbocycles. The van der Waals surface area contributed by atoms with E-state index < -0.39 is 0 Å². The molecule has 0 radical (unpaired) electrons. The largest absolute Gasteiger partial charge is 0.347 e.